The normalized spacial score (nSPS) is 22.1. The van der Waals surface area contributed by atoms with Crippen LogP contribution in [0.15, 0.2) is 12.3 Å². The molecule has 4 nitrogen and oxygen atoms in total. The molecule has 0 aromatic carbocycles. The summed E-state index contributed by atoms with van der Waals surface area (Å²) in [7, 11) is 0. The van der Waals surface area contributed by atoms with Gasteiger partial charge in [-0.25, -0.2) is 0 Å². The Morgan fingerprint density at radius 2 is 1.95 bits per heavy atom. The number of rotatable bonds is 6. The Hall–Kier alpha value is -0.870. The van der Waals surface area contributed by atoms with Gasteiger partial charge in [-0.3, -0.25) is 9.58 Å². The van der Waals surface area contributed by atoms with Crippen LogP contribution in [0.4, 0.5) is 0 Å². The van der Waals surface area contributed by atoms with E-state index in [4.69, 9.17) is 5.10 Å². The molecular weight excluding hydrogens is 260 g/mol. The maximum Gasteiger partial charge on any atom is 0.0764 e. The van der Waals surface area contributed by atoms with Gasteiger partial charge in [0.2, 0.25) is 0 Å². The summed E-state index contributed by atoms with van der Waals surface area (Å²) < 4.78 is 2.22. The molecule has 21 heavy (non-hydrogen) atoms. The molecule has 1 aliphatic carbocycles. The van der Waals surface area contributed by atoms with Gasteiger partial charge in [0.15, 0.2) is 0 Å². The second kappa shape index (κ2) is 7.41. The lowest BCUT2D eigenvalue weighted by Crippen LogP contribution is -2.42. The highest BCUT2D eigenvalue weighted by atomic mass is 15.3. The number of hydrogen-bond donors (Lipinski definition) is 1. The summed E-state index contributed by atoms with van der Waals surface area (Å²) in [6, 6.07) is 3.62. The number of nitrogens with one attached hydrogen (secondary N) is 1. The third-order valence-corrected chi connectivity index (χ3v) is 5.02. The maximum atomic E-state index is 4.81. The van der Waals surface area contributed by atoms with Crippen LogP contribution < -0.4 is 5.32 Å². The second-order valence-corrected chi connectivity index (χ2v) is 6.73. The Morgan fingerprint density at radius 1 is 1.19 bits per heavy atom. The van der Waals surface area contributed by atoms with Crippen molar-refractivity contribution in [2.24, 2.45) is 0 Å². The number of piperidine rings is 1. The molecule has 1 saturated heterocycles. The van der Waals surface area contributed by atoms with Crippen molar-refractivity contribution < 1.29 is 0 Å². The highest BCUT2D eigenvalue weighted by molar-refractivity contribution is 5.00. The summed E-state index contributed by atoms with van der Waals surface area (Å²) in [6.07, 6.45) is 11.4. The minimum Gasteiger partial charge on any atom is -0.314 e. The molecule has 2 fully saturated rings. The average molecular weight is 290 g/mol. The van der Waals surface area contributed by atoms with E-state index in [-0.39, 0.29) is 0 Å². The number of nitrogens with zero attached hydrogens (tertiary/aromatic N) is 3. The molecule has 0 atom stereocenters. The van der Waals surface area contributed by atoms with Crippen molar-refractivity contribution in [1.29, 1.82) is 0 Å². The fourth-order valence-corrected chi connectivity index (χ4v) is 3.71. The number of aromatic nitrogens is 2. The molecule has 1 saturated carbocycles. The van der Waals surface area contributed by atoms with E-state index in [9.17, 15) is 0 Å². The Bertz CT molecular complexity index is 414. The van der Waals surface area contributed by atoms with Crippen LogP contribution in [0.3, 0.4) is 0 Å². The van der Waals surface area contributed by atoms with Crippen LogP contribution in [0.2, 0.25) is 0 Å². The highest BCUT2D eigenvalue weighted by Crippen LogP contribution is 2.28. The lowest BCUT2D eigenvalue weighted by molar-refractivity contribution is 0.188. The molecule has 1 aliphatic heterocycles. The van der Waals surface area contributed by atoms with Crippen molar-refractivity contribution in [3.05, 3.63) is 18.0 Å². The van der Waals surface area contributed by atoms with Crippen molar-refractivity contribution in [1.82, 2.24) is 20.0 Å². The molecule has 0 amide bonds. The summed E-state index contributed by atoms with van der Waals surface area (Å²) in [5.74, 6) is 0. The lowest BCUT2D eigenvalue weighted by atomic mass is 10.0. The number of hydrogen-bond acceptors (Lipinski definition) is 3. The van der Waals surface area contributed by atoms with Crippen LogP contribution in [-0.2, 0) is 6.54 Å². The van der Waals surface area contributed by atoms with E-state index >= 15 is 0 Å². The third-order valence-electron chi connectivity index (χ3n) is 5.02. The summed E-state index contributed by atoms with van der Waals surface area (Å²) in [6.45, 7) is 6.84. The van der Waals surface area contributed by atoms with Gasteiger partial charge in [0.1, 0.15) is 0 Å². The molecule has 1 aromatic heterocycles. The zero-order chi connectivity index (χ0) is 14.5. The fourth-order valence-electron chi connectivity index (χ4n) is 3.71. The van der Waals surface area contributed by atoms with E-state index in [0.29, 0.717) is 6.04 Å². The van der Waals surface area contributed by atoms with Crippen molar-refractivity contribution >= 4 is 0 Å². The fraction of sp³-hybridized carbons (Fsp3) is 0.824. The molecule has 4 heteroatoms. The number of likely N-dealkylation sites (tertiary alicyclic amines) is 1. The van der Waals surface area contributed by atoms with E-state index in [1.54, 1.807) is 0 Å². The quantitative estimate of drug-likeness (QED) is 0.874. The largest absolute Gasteiger partial charge is 0.314 e. The first-order chi connectivity index (χ1) is 10.3. The summed E-state index contributed by atoms with van der Waals surface area (Å²) in [4.78, 5) is 2.56. The Morgan fingerprint density at radius 3 is 2.67 bits per heavy atom. The average Bonchev–Trinajstić information content (AvgIpc) is 3.17. The first kappa shape index (κ1) is 15.0. The Kier molecular flexibility index (Phi) is 5.31. The van der Waals surface area contributed by atoms with Gasteiger partial charge in [-0.15, -0.1) is 0 Å². The van der Waals surface area contributed by atoms with Gasteiger partial charge in [-0.1, -0.05) is 19.8 Å². The van der Waals surface area contributed by atoms with Gasteiger partial charge >= 0.3 is 0 Å². The summed E-state index contributed by atoms with van der Waals surface area (Å²) in [5, 5.41) is 8.46. The van der Waals surface area contributed by atoms with Gasteiger partial charge < -0.3 is 5.32 Å². The van der Waals surface area contributed by atoms with Crippen LogP contribution >= 0.6 is 0 Å². The maximum absolute atomic E-state index is 4.81. The highest BCUT2D eigenvalue weighted by Gasteiger charge is 2.20. The predicted octanol–water partition coefficient (Wildman–Crippen LogP) is 2.96. The minimum absolute atomic E-state index is 0.669. The molecule has 2 heterocycles. The van der Waals surface area contributed by atoms with Crippen LogP contribution in [0.25, 0.3) is 0 Å². The topological polar surface area (TPSA) is 33.1 Å². The van der Waals surface area contributed by atoms with Crippen LogP contribution in [0, 0.1) is 0 Å². The summed E-state index contributed by atoms with van der Waals surface area (Å²) >= 11 is 0. The Balaban J connectivity index is 1.45. The minimum atomic E-state index is 0.669. The van der Waals surface area contributed by atoms with Gasteiger partial charge in [0.05, 0.1) is 11.7 Å². The predicted molar refractivity (Wildman–Crippen MR) is 86.3 cm³/mol. The SMILES string of the molecule is CCCNC1CCN(Cc2ccn(C3CCCC3)n2)CC1. The first-order valence-electron chi connectivity index (χ1n) is 8.85. The molecule has 2 aliphatic rings. The van der Waals surface area contributed by atoms with Gasteiger partial charge in [0.25, 0.3) is 0 Å². The van der Waals surface area contributed by atoms with Crippen molar-refractivity contribution in [3.63, 3.8) is 0 Å². The molecular formula is C17H30N4. The smallest absolute Gasteiger partial charge is 0.0764 e. The van der Waals surface area contributed by atoms with Crippen LogP contribution in [0.1, 0.15) is 63.6 Å². The zero-order valence-corrected chi connectivity index (χ0v) is 13.4. The van der Waals surface area contributed by atoms with Gasteiger partial charge in [-0.2, -0.15) is 5.10 Å². The molecule has 0 spiro atoms. The van der Waals surface area contributed by atoms with E-state index in [2.05, 4.69) is 34.1 Å². The zero-order valence-electron chi connectivity index (χ0n) is 13.4. The Labute approximate surface area is 128 Å². The standard InChI is InChI=1S/C17H30N4/c1-2-10-18-15-7-11-20(12-8-15)14-16-9-13-21(19-16)17-5-3-4-6-17/h9,13,15,17-18H,2-8,10-12,14H2,1H3. The van der Waals surface area contributed by atoms with Crippen LogP contribution in [-0.4, -0.2) is 40.4 Å². The van der Waals surface area contributed by atoms with E-state index < -0.39 is 0 Å². The van der Waals surface area contributed by atoms with E-state index in [1.807, 2.05) is 0 Å². The molecule has 1 N–H and O–H groups in total. The van der Waals surface area contributed by atoms with Crippen molar-refractivity contribution in [2.45, 2.75) is 70.5 Å². The van der Waals surface area contributed by atoms with Crippen LogP contribution in [0.5, 0.6) is 0 Å². The molecule has 0 bridgehead atoms. The third kappa shape index (κ3) is 4.07. The molecule has 0 unspecified atom stereocenters. The first-order valence-corrected chi connectivity index (χ1v) is 8.85. The molecule has 0 radical (unpaired) electrons. The second-order valence-electron chi connectivity index (χ2n) is 6.73. The monoisotopic (exact) mass is 290 g/mol. The van der Waals surface area contributed by atoms with Gasteiger partial charge in [-0.05, 0) is 44.7 Å². The van der Waals surface area contributed by atoms with Crippen molar-refractivity contribution in [3.8, 4) is 0 Å². The molecule has 1 aromatic rings. The molecule has 118 valence electrons. The van der Waals surface area contributed by atoms with E-state index in [1.165, 1.54) is 63.7 Å². The van der Waals surface area contributed by atoms with E-state index in [0.717, 1.165) is 19.1 Å². The van der Waals surface area contributed by atoms with Crippen molar-refractivity contribution in [2.75, 3.05) is 19.6 Å². The molecule has 3 rings (SSSR count). The van der Waals surface area contributed by atoms with Gasteiger partial charge in [0, 0.05) is 31.9 Å². The lowest BCUT2D eigenvalue weighted by Gasteiger charge is -2.32. The summed E-state index contributed by atoms with van der Waals surface area (Å²) in [5.41, 5.74) is 1.25.